The van der Waals surface area contributed by atoms with E-state index in [9.17, 15) is 22.4 Å². The molecule has 0 saturated heterocycles. The molecule has 0 radical (unpaired) electrons. The van der Waals surface area contributed by atoms with Gasteiger partial charge < -0.3 is 5.73 Å². The third-order valence-electron chi connectivity index (χ3n) is 5.34. The Bertz CT molecular complexity index is 1610. The number of amides is 1. The van der Waals surface area contributed by atoms with Gasteiger partial charge in [-0.2, -0.15) is 4.39 Å². The van der Waals surface area contributed by atoms with Gasteiger partial charge in [0.1, 0.15) is 34.3 Å². The summed E-state index contributed by atoms with van der Waals surface area (Å²) in [4.78, 5) is 23.8. The van der Waals surface area contributed by atoms with Crippen LogP contribution in [-0.4, -0.2) is 25.4 Å². The molecular formula is C23H13F4N5O. The lowest BCUT2D eigenvalue weighted by molar-refractivity contribution is 0.100. The van der Waals surface area contributed by atoms with Crippen LogP contribution in [0.2, 0.25) is 0 Å². The maximum atomic E-state index is 14.8. The fraction of sp³-hybridized carbons (Fsp3) is 0.0435. The molecule has 164 valence electrons. The summed E-state index contributed by atoms with van der Waals surface area (Å²) in [7, 11) is 0. The molecule has 5 rings (SSSR count). The molecule has 0 saturated carbocycles. The Labute approximate surface area is 183 Å². The van der Waals surface area contributed by atoms with E-state index in [0.717, 1.165) is 24.4 Å². The molecule has 3 heterocycles. The van der Waals surface area contributed by atoms with Crippen LogP contribution >= 0.6 is 0 Å². The second-order valence-electron chi connectivity index (χ2n) is 7.32. The molecule has 3 aromatic heterocycles. The molecule has 0 atom stereocenters. The van der Waals surface area contributed by atoms with E-state index in [2.05, 4.69) is 15.0 Å². The van der Waals surface area contributed by atoms with Gasteiger partial charge in [-0.3, -0.25) is 14.3 Å². The SMILES string of the molecule is Cc1nc2c(C(N)=O)cc(-c3cc(F)ncc3F)cc2n1-c1ccnc2c(F)ccc(F)c12. The van der Waals surface area contributed by atoms with Gasteiger partial charge in [-0.25, -0.2) is 23.1 Å². The number of carbonyl (C=O) groups is 1. The molecule has 2 N–H and O–H groups in total. The predicted octanol–water partition coefficient (Wildman–Crippen LogP) is 4.60. The number of nitrogens with zero attached hydrogens (tertiary/aromatic N) is 4. The van der Waals surface area contributed by atoms with Gasteiger partial charge in [-0.05, 0) is 42.8 Å². The van der Waals surface area contributed by atoms with Gasteiger partial charge in [0.05, 0.1) is 28.4 Å². The zero-order valence-corrected chi connectivity index (χ0v) is 16.9. The lowest BCUT2D eigenvalue weighted by Crippen LogP contribution is -2.12. The molecular weight excluding hydrogens is 438 g/mol. The Kier molecular flexibility index (Phi) is 4.59. The van der Waals surface area contributed by atoms with E-state index in [4.69, 9.17) is 5.73 Å². The van der Waals surface area contributed by atoms with Crippen LogP contribution in [0.1, 0.15) is 16.2 Å². The number of benzene rings is 2. The van der Waals surface area contributed by atoms with Crippen LogP contribution in [-0.2, 0) is 0 Å². The molecule has 6 nitrogen and oxygen atoms in total. The van der Waals surface area contributed by atoms with Crippen LogP contribution in [0.3, 0.4) is 0 Å². The van der Waals surface area contributed by atoms with Crippen molar-refractivity contribution >= 4 is 27.8 Å². The number of imidazole rings is 1. The van der Waals surface area contributed by atoms with Gasteiger partial charge in [0, 0.05) is 17.8 Å². The van der Waals surface area contributed by atoms with Crippen molar-refractivity contribution in [3.05, 3.63) is 83.6 Å². The van der Waals surface area contributed by atoms with Crippen LogP contribution in [0, 0.1) is 30.3 Å². The molecule has 0 unspecified atom stereocenters. The molecule has 5 aromatic rings. The fourth-order valence-electron chi connectivity index (χ4n) is 3.94. The second kappa shape index (κ2) is 7.37. The zero-order chi connectivity index (χ0) is 23.4. The summed E-state index contributed by atoms with van der Waals surface area (Å²) < 4.78 is 58.8. The van der Waals surface area contributed by atoms with Crippen LogP contribution in [0.4, 0.5) is 17.6 Å². The molecule has 0 aliphatic rings. The molecule has 0 spiro atoms. The normalized spacial score (nSPS) is 11.4. The summed E-state index contributed by atoms with van der Waals surface area (Å²) in [6.07, 6.45) is 2.03. The van der Waals surface area contributed by atoms with Crippen molar-refractivity contribution < 1.29 is 22.4 Å². The zero-order valence-electron chi connectivity index (χ0n) is 16.9. The Morgan fingerprint density at radius 3 is 2.45 bits per heavy atom. The van der Waals surface area contributed by atoms with Gasteiger partial charge in [0.25, 0.3) is 5.91 Å². The number of nitrogens with two attached hydrogens (primary N) is 1. The number of pyridine rings is 2. The molecule has 0 bridgehead atoms. The van der Waals surface area contributed by atoms with Crippen molar-refractivity contribution in [1.82, 2.24) is 19.5 Å². The second-order valence-corrected chi connectivity index (χ2v) is 7.32. The molecule has 1 amide bonds. The first-order chi connectivity index (χ1) is 15.8. The highest BCUT2D eigenvalue weighted by atomic mass is 19.1. The summed E-state index contributed by atoms with van der Waals surface area (Å²) in [6, 6.07) is 7.05. The smallest absolute Gasteiger partial charge is 0.250 e. The largest absolute Gasteiger partial charge is 0.366 e. The minimum Gasteiger partial charge on any atom is -0.366 e. The van der Waals surface area contributed by atoms with Crippen molar-refractivity contribution in [2.75, 3.05) is 0 Å². The van der Waals surface area contributed by atoms with Crippen LogP contribution in [0.5, 0.6) is 0 Å². The molecule has 2 aromatic carbocycles. The van der Waals surface area contributed by atoms with Gasteiger partial charge >= 0.3 is 0 Å². The Hall–Kier alpha value is -4.34. The van der Waals surface area contributed by atoms with Crippen molar-refractivity contribution in [3.8, 4) is 16.8 Å². The number of aromatic nitrogens is 4. The molecule has 0 aliphatic carbocycles. The number of fused-ring (bicyclic) bond motifs is 2. The lowest BCUT2D eigenvalue weighted by Gasteiger charge is -2.13. The predicted molar refractivity (Wildman–Crippen MR) is 113 cm³/mol. The van der Waals surface area contributed by atoms with Crippen LogP contribution < -0.4 is 5.73 Å². The molecule has 0 aliphatic heterocycles. The van der Waals surface area contributed by atoms with E-state index in [1.807, 2.05) is 0 Å². The third-order valence-corrected chi connectivity index (χ3v) is 5.34. The number of halogens is 4. The maximum absolute atomic E-state index is 14.8. The Balaban J connectivity index is 1.91. The molecule has 10 heteroatoms. The average molecular weight is 451 g/mol. The number of hydrogen-bond acceptors (Lipinski definition) is 4. The van der Waals surface area contributed by atoms with Crippen molar-refractivity contribution in [2.24, 2.45) is 5.73 Å². The molecule has 33 heavy (non-hydrogen) atoms. The van der Waals surface area contributed by atoms with Gasteiger partial charge in [-0.15, -0.1) is 0 Å². The number of hydrogen-bond donors (Lipinski definition) is 1. The first kappa shape index (κ1) is 20.6. The summed E-state index contributed by atoms with van der Waals surface area (Å²) in [5.41, 5.74) is 5.89. The Morgan fingerprint density at radius 1 is 0.939 bits per heavy atom. The van der Waals surface area contributed by atoms with Crippen LogP contribution in [0.15, 0.2) is 48.8 Å². The summed E-state index contributed by atoms with van der Waals surface area (Å²) in [6.45, 7) is 1.60. The number of primary amides is 1. The quantitative estimate of drug-likeness (QED) is 0.321. The molecule has 0 fully saturated rings. The van der Waals surface area contributed by atoms with Crippen molar-refractivity contribution in [3.63, 3.8) is 0 Å². The highest BCUT2D eigenvalue weighted by Gasteiger charge is 2.22. The van der Waals surface area contributed by atoms with Gasteiger partial charge in [0.2, 0.25) is 5.95 Å². The highest BCUT2D eigenvalue weighted by molar-refractivity contribution is 6.07. The van der Waals surface area contributed by atoms with Gasteiger partial charge in [0.15, 0.2) is 0 Å². The van der Waals surface area contributed by atoms with Crippen molar-refractivity contribution in [1.29, 1.82) is 0 Å². The van der Waals surface area contributed by atoms with E-state index >= 15 is 0 Å². The monoisotopic (exact) mass is 451 g/mol. The lowest BCUT2D eigenvalue weighted by atomic mass is 10.0. The Morgan fingerprint density at radius 2 is 1.70 bits per heavy atom. The minimum atomic E-state index is -0.922. The summed E-state index contributed by atoms with van der Waals surface area (Å²) in [5, 5.41) is -0.105. The summed E-state index contributed by atoms with van der Waals surface area (Å²) >= 11 is 0. The highest BCUT2D eigenvalue weighted by Crippen LogP contribution is 2.34. The first-order valence-corrected chi connectivity index (χ1v) is 9.63. The van der Waals surface area contributed by atoms with Crippen LogP contribution in [0.25, 0.3) is 38.8 Å². The van der Waals surface area contributed by atoms with E-state index in [1.165, 1.54) is 29.0 Å². The maximum Gasteiger partial charge on any atom is 0.250 e. The van der Waals surface area contributed by atoms with E-state index in [-0.39, 0.29) is 44.3 Å². The van der Waals surface area contributed by atoms with E-state index in [0.29, 0.717) is 5.82 Å². The number of carbonyl (C=O) groups excluding carboxylic acids is 1. The van der Waals surface area contributed by atoms with E-state index < -0.39 is 29.3 Å². The van der Waals surface area contributed by atoms with Crippen molar-refractivity contribution in [2.45, 2.75) is 6.92 Å². The average Bonchev–Trinajstić information content (AvgIpc) is 3.12. The van der Waals surface area contributed by atoms with E-state index in [1.54, 1.807) is 6.92 Å². The third kappa shape index (κ3) is 3.18. The standard InChI is InChI=1S/C23H13F4N5O/c1-10-31-21-13(23(28)33)6-11(12-8-19(27)30-9-16(12)26)7-18(21)32(10)17-4-5-29-22-15(25)3-2-14(24)20(17)22/h2-9H,1H3,(H2,28,33). The number of rotatable bonds is 3. The van der Waals surface area contributed by atoms with Gasteiger partial charge in [-0.1, -0.05) is 0 Å². The first-order valence-electron chi connectivity index (χ1n) is 9.63. The number of aryl methyl sites for hydroxylation is 1. The topological polar surface area (TPSA) is 86.7 Å². The fourth-order valence-corrected chi connectivity index (χ4v) is 3.94. The minimum absolute atomic E-state index is 0.0500. The summed E-state index contributed by atoms with van der Waals surface area (Å²) in [5.74, 6) is -3.71.